The molecule has 20 heavy (non-hydrogen) atoms. The fourth-order valence-electron chi connectivity index (χ4n) is 2.47. The Morgan fingerprint density at radius 2 is 1.85 bits per heavy atom. The second-order valence-corrected chi connectivity index (χ2v) is 5.24. The first kappa shape index (κ1) is 15.0. The van der Waals surface area contributed by atoms with Gasteiger partial charge in [0.25, 0.3) is 0 Å². The van der Waals surface area contributed by atoms with Crippen molar-refractivity contribution in [2.75, 3.05) is 18.0 Å². The van der Waals surface area contributed by atoms with Crippen LogP contribution in [0.15, 0.2) is 18.2 Å². The highest BCUT2D eigenvalue weighted by Gasteiger charge is 2.41. The highest BCUT2D eigenvalue weighted by molar-refractivity contribution is 7.80. The maximum atomic E-state index is 13.7. The molecule has 0 bridgehead atoms. The summed E-state index contributed by atoms with van der Waals surface area (Å²) in [6.07, 6.45) is -4.17. The van der Waals surface area contributed by atoms with Crippen molar-refractivity contribution in [2.45, 2.75) is 19.0 Å². The molecule has 1 aliphatic heterocycles. The molecule has 1 saturated heterocycles. The van der Waals surface area contributed by atoms with Crippen molar-refractivity contribution in [3.63, 3.8) is 0 Å². The van der Waals surface area contributed by atoms with Crippen LogP contribution in [0.4, 0.5) is 23.2 Å². The molecule has 0 unspecified atom stereocenters. The van der Waals surface area contributed by atoms with Gasteiger partial charge in [0.05, 0.1) is 11.5 Å². The van der Waals surface area contributed by atoms with Gasteiger partial charge in [-0.1, -0.05) is 18.3 Å². The Morgan fingerprint density at radius 3 is 2.35 bits per heavy atom. The normalized spacial score (nSPS) is 17.3. The van der Waals surface area contributed by atoms with E-state index >= 15 is 0 Å². The number of rotatable bonds is 2. The molecule has 0 aliphatic carbocycles. The molecule has 0 atom stereocenters. The zero-order chi connectivity index (χ0) is 14.9. The summed E-state index contributed by atoms with van der Waals surface area (Å²) >= 11 is 4.82. The van der Waals surface area contributed by atoms with Crippen molar-refractivity contribution < 1.29 is 17.6 Å². The Morgan fingerprint density at radius 1 is 1.25 bits per heavy atom. The van der Waals surface area contributed by atoms with Crippen LogP contribution in [-0.2, 0) is 0 Å². The quantitative estimate of drug-likeness (QED) is 0.672. The largest absolute Gasteiger partial charge is 0.391 e. The Labute approximate surface area is 119 Å². The van der Waals surface area contributed by atoms with Gasteiger partial charge in [0.2, 0.25) is 0 Å². The molecular formula is C13H14F4N2S. The first-order chi connectivity index (χ1) is 9.30. The number of nitrogens with zero attached hydrogens (tertiary/aromatic N) is 1. The first-order valence-electron chi connectivity index (χ1n) is 6.20. The Hall–Kier alpha value is -1.37. The SMILES string of the molecule is NC(=S)c1c(F)cccc1N1CCC(C(F)(F)F)CC1. The first-order valence-corrected chi connectivity index (χ1v) is 6.61. The van der Waals surface area contributed by atoms with Gasteiger partial charge in [0, 0.05) is 18.8 Å². The summed E-state index contributed by atoms with van der Waals surface area (Å²) in [6.45, 7) is 0.423. The minimum atomic E-state index is -4.17. The molecule has 0 saturated carbocycles. The number of anilines is 1. The lowest BCUT2D eigenvalue weighted by molar-refractivity contribution is -0.179. The second kappa shape index (κ2) is 5.55. The number of piperidine rings is 1. The Kier molecular flexibility index (Phi) is 4.17. The van der Waals surface area contributed by atoms with Crippen LogP contribution in [0.1, 0.15) is 18.4 Å². The van der Waals surface area contributed by atoms with E-state index in [2.05, 4.69) is 0 Å². The van der Waals surface area contributed by atoms with Crippen molar-refractivity contribution in [1.29, 1.82) is 0 Å². The summed E-state index contributed by atoms with van der Waals surface area (Å²) in [4.78, 5) is 1.62. The van der Waals surface area contributed by atoms with E-state index in [9.17, 15) is 17.6 Å². The fraction of sp³-hybridized carbons (Fsp3) is 0.462. The molecule has 1 aromatic carbocycles. The van der Waals surface area contributed by atoms with E-state index in [4.69, 9.17) is 18.0 Å². The third-order valence-electron chi connectivity index (χ3n) is 3.54. The van der Waals surface area contributed by atoms with Crippen molar-refractivity contribution in [3.8, 4) is 0 Å². The van der Waals surface area contributed by atoms with Gasteiger partial charge in [-0.2, -0.15) is 13.2 Å². The number of hydrogen-bond donors (Lipinski definition) is 1. The molecular weight excluding hydrogens is 292 g/mol. The van der Waals surface area contributed by atoms with E-state index < -0.39 is 17.9 Å². The standard InChI is InChI=1S/C13H14F4N2S/c14-9-2-1-3-10(11(9)12(18)20)19-6-4-8(5-7-19)13(15,16)17/h1-3,8H,4-7H2,(H2,18,20). The van der Waals surface area contributed by atoms with Crippen LogP contribution < -0.4 is 10.6 Å². The number of thiocarbonyl (C=S) groups is 1. The van der Waals surface area contributed by atoms with Crippen LogP contribution in [0.3, 0.4) is 0 Å². The van der Waals surface area contributed by atoms with Crippen LogP contribution in [0.25, 0.3) is 0 Å². The number of hydrogen-bond acceptors (Lipinski definition) is 2. The van der Waals surface area contributed by atoms with E-state index in [1.807, 2.05) is 0 Å². The summed E-state index contributed by atoms with van der Waals surface area (Å²) in [5.74, 6) is -1.84. The molecule has 0 aromatic heterocycles. The predicted octanol–water partition coefficient (Wildman–Crippen LogP) is 3.24. The molecule has 0 spiro atoms. The molecule has 2 rings (SSSR count). The highest BCUT2D eigenvalue weighted by atomic mass is 32.1. The van der Waals surface area contributed by atoms with E-state index in [0.717, 1.165) is 0 Å². The van der Waals surface area contributed by atoms with Gasteiger partial charge in [0.1, 0.15) is 10.8 Å². The maximum absolute atomic E-state index is 13.7. The van der Waals surface area contributed by atoms with Crippen LogP contribution >= 0.6 is 12.2 Å². The van der Waals surface area contributed by atoms with E-state index in [0.29, 0.717) is 5.69 Å². The summed E-state index contributed by atoms with van der Waals surface area (Å²) in [5, 5.41) is 0. The Bertz CT molecular complexity index is 508. The van der Waals surface area contributed by atoms with Crippen molar-refractivity contribution in [3.05, 3.63) is 29.6 Å². The second-order valence-electron chi connectivity index (χ2n) is 4.80. The Balaban J connectivity index is 2.19. The summed E-state index contributed by atoms with van der Waals surface area (Å²) in [7, 11) is 0. The van der Waals surface area contributed by atoms with Crippen molar-refractivity contribution in [2.24, 2.45) is 11.7 Å². The molecule has 1 heterocycles. The monoisotopic (exact) mass is 306 g/mol. The smallest absolute Gasteiger partial charge is 0.389 e. The van der Waals surface area contributed by atoms with E-state index in [1.54, 1.807) is 11.0 Å². The molecule has 1 fully saturated rings. The zero-order valence-electron chi connectivity index (χ0n) is 10.6. The average molecular weight is 306 g/mol. The average Bonchev–Trinajstić information content (AvgIpc) is 2.37. The molecule has 1 aromatic rings. The van der Waals surface area contributed by atoms with E-state index in [1.165, 1.54) is 12.1 Å². The zero-order valence-corrected chi connectivity index (χ0v) is 11.4. The maximum Gasteiger partial charge on any atom is 0.391 e. The summed E-state index contributed by atoms with van der Waals surface area (Å²) < 4.78 is 51.6. The minimum absolute atomic E-state index is 0.00319. The lowest BCUT2D eigenvalue weighted by Gasteiger charge is -2.35. The lowest BCUT2D eigenvalue weighted by Crippen LogP contribution is -2.39. The number of halogens is 4. The van der Waals surface area contributed by atoms with E-state index in [-0.39, 0.29) is 36.5 Å². The molecule has 0 amide bonds. The van der Waals surface area contributed by atoms with Crippen LogP contribution in [0.2, 0.25) is 0 Å². The van der Waals surface area contributed by atoms with Gasteiger partial charge in [-0.05, 0) is 25.0 Å². The van der Waals surface area contributed by atoms with Gasteiger partial charge in [-0.3, -0.25) is 0 Å². The highest BCUT2D eigenvalue weighted by Crippen LogP contribution is 2.36. The topological polar surface area (TPSA) is 29.3 Å². The van der Waals surface area contributed by atoms with Gasteiger partial charge in [-0.25, -0.2) is 4.39 Å². The lowest BCUT2D eigenvalue weighted by atomic mass is 9.95. The number of nitrogens with two attached hydrogens (primary N) is 1. The third-order valence-corrected chi connectivity index (χ3v) is 3.74. The predicted molar refractivity (Wildman–Crippen MR) is 73.3 cm³/mol. The third kappa shape index (κ3) is 3.03. The van der Waals surface area contributed by atoms with Crippen molar-refractivity contribution in [1.82, 2.24) is 0 Å². The van der Waals surface area contributed by atoms with Crippen LogP contribution in [-0.4, -0.2) is 24.3 Å². The summed E-state index contributed by atoms with van der Waals surface area (Å²) in [6, 6.07) is 4.37. The van der Waals surface area contributed by atoms with Crippen molar-refractivity contribution >= 4 is 22.9 Å². The molecule has 2 nitrogen and oxygen atoms in total. The number of benzene rings is 1. The summed E-state index contributed by atoms with van der Waals surface area (Å²) in [5.41, 5.74) is 6.08. The number of alkyl halides is 3. The van der Waals surface area contributed by atoms with Crippen LogP contribution in [0, 0.1) is 11.7 Å². The molecule has 2 N–H and O–H groups in total. The van der Waals surface area contributed by atoms with Gasteiger partial charge in [0.15, 0.2) is 0 Å². The van der Waals surface area contributed by atoms with Gasteiger partial charge < -0.3 is 10.6 Å². The van der Waals surface area contributed by atoms with Gasteiger partial charge in [-0.15, -0.1) is 0 Å². The van der Waals surface area contributed by atoms with Gasteiger partial charge >= 0.3 is 6.18 Å². The minimum Gasteiger partial charge on any atom is -0.389 e. The van der Waals surface area contributed by atoms with Crippen LogP contribution in [0.5, 0.6) is 0 Å². The molecule has 1 aliphatic rings. The molecule has 7 heteroatoms. The fourth-order valence-corrected chi connectivity index (χ4v) is 2.67. The molecule has 110 valence electrons. The molecule has 0 radical (unpaired) electrons.